The molecule has 0 spiro atoms. The van der Waals surface area contributed by atoms with Crippen molar-refractivity contribution in [3.05, 3.63) is 47.5 Å². The first kappa shape index (κ1) is 19.0. The van der Waals surface area contributed by atoms with E-state index in [1.54, 1.807) is 17.1 Å². The quantitative estimate of drug-likeness (QED) is 0.726. The summed E-state index contributed by atoms with van der Waals surface area (Å²) in [4.78, 5) is 44.2. The second kappa shape index (κ2) is 8.74. The van der Waals surface area contributed by atoms with Gasteiger partial charge in [0.1, 0.15) is 0 Å². The molecule has 2 heterocycles. The predicted octanol–water partition coefficient (Wildman–Crippen LogP) is 2.77. The van der Waals surface area contributed by atoms with E-state index in [1.807, 2.05) is 30.5 Å². The Morgan fingerprint density at radius 2 is 2.15 bits per heavy atom. The Hall–Kier alpha value is -2.78. The van der Waals surface area contributed by atoms with Crippen LogP contribution in [0.25, 0.3) is 0 Å². The third-order valence-electron chi connectivity index (χ3n) is 3.59. The second-order valence-electron chi connectivity index (χ2n) is 5.59. The van der Waals surface area contributed by atoms with Gasteiger partial charge in [-0.05, 0) is 24.5 Å². The Kier molecular flexibility index (Phi) is 6.15. The fraction of sp³-hybridized carbons (Fsp3) is 0.167. The topological polar surface area (TPSA) is 101 Å². The van der Waals surface area contributed by atoms with Gasteiger partial charge in [0.15, 0.2) is 5.13 Å². The molecule has 0 saturated heterocycles. The molecule has 0 aliphatic carbocycles. The number of aromatic nitrogens is 1. The number of carbonyl (C=O) groups excluding carboxylic acids is 3. The molecule has 1 aromatic carbocycles. The molecule has 2 aromatic rings. The van der Waals surface area contributed by atoms with Crippen LogP contribution >= 0.6 is 23.1 Å². The minimum absolute atomic E-state index is 0.106. The monoisotopic (exact) mass is 400 g/mol. The van der Waals surface area contributed by atoms with Gasteiger partial charge < -0.3 is 10.6 Å². The van der Waals surface area contributed by atoms with Crippen molar-refractivity contribution < 1.29 is 14.4 Å². The highest BCUT2D eigenvalue weighted by Crippen LogP contribution is 2.20. The Bertz CT molecular complexity index is 920. The smallest absolute Gasteiger partial charge is 0.269 e. The van der Waals surface area contributed by atoms with E-state index in [4.69, 9.17) is 0 Å². The van der Waals surface area contributed by atoms with E-state index in [0.717, 1.165) is 10.6 Å². The third kappa shape index (κ3) is 5.35. The molecule has 0 fully saturated rings. The summed E-state index contributed by atoms with van der Waals surface area (Å²) in [6.45, 7) is 0. The van der Waals surface area contributed by atoms with Crippen molar-refractivity contribution in [2.75, 3.05) is 16.9 Å². The zero-order valence-electron chi connectivity index (χ0n) is 14.3. The van der Waals surface area contributed by atoms with Crippen molar-refractivity contribution in [3.8, 4) is 0 Å². The van der Waals surface area contributed by atoms with Gasteiger partial charge >= 0.3 is 0 Å². The number of nitrogens with zero attached hydrogens (tertiary/aromatic N) is 2. The molecule has 1 aliphatic rings. The number of amides is 3. The lowest BCUT2D eigenvalue weighted by molar-refractivity contribution is -0.117. The van der Waals surface area contributed by atoms with Crippen LogP contribution in [0.15, 0.2) is 51.7 Å². The molecule has 2 N–H and O–H groups in total. The van der Waals surface area contributed by atoms with E-state index in [1.165, 1.54) is 29.7 Å². The highest BCUT2D eigenvalue weighted by atomic mass is 32.2. The number of thioether (sulfide) groups is 1. The molecule has 1 unspecified atom stereocenters. The summed E-state index contributed by atoms with van der Waals surface area (Å²) >= 11 is 2.83. The van der Waals surface area contributed by atoms with E-state index in [-0.39, 0.29) is 24.1 Å². The molecule has 0 bridgehead atoms. The van der Waals surface area contributed by atoms with Crippen molar-refractivity contribution in [1.29, 1.82) is 0 Å². The lowest BCUT2D eigenvalue weighted by Crippen LogP contribution is -2.24. The normalized spacial score (nSPS) is 15.6. The van der Waals surface area contributed by atoms with Crippen LogP contribution < -0.4 is 10.6 Å². The fourth-order valence-corrected chi connectivity index (χ4v) is 3.47. The zero-order valence-corrected chi connectivity index (χ0v) is 16.0. The van der Waals surface area contributed by atoms with Gasteiger partial charge in [-0.3, -0.25) is 14.4 Å². The first-order valence-electron chi connectivity index (χ1n) is 7.99. The molecule has 1 atom stereocenters. The fourth-order valence-electron chi connectivity index (χ4n) is 2.29. The maximum atomic E-state index is 12.2. The summed E-state index contributed by atoms with van der Waals surface area (Å²) < 4.78 is 0. The predicted molar refractivity (Wildman–Crippen MR) is 107 cm³/mol. The first-order valence-corrected chi connectivity index (χ1v) is 10.1. The van der Waals surface area contributed by atoms with Crippen molar-refractivity contribution >= 4 is 57.9 Å². The Labute approximate surface area is 164 Å². The Balaban J connectivity index is 1.55. The standard InChI is InChI=1S/C18H16N4O3S2/c1-26-14-4-2-3-12(7-14)20-16(24)8-13-10-27-18(21-13)22-17(25)11-5-6-15(23)19-9-11/h2-7,9-11H,8H2,1H3,(H,20,24)(H,21,22,25). The van der Waals surface area contributed by atoms with Crippen LogP contribution in [-0.2, 0) is 20.8 Å². The van der Waals surface area contributed by atoms with Crippen LogP contribution in [0.1, 0.15) is 5.69 Å². The molecule has 9 heteroatoms. The number of anilines is 2. The van der Waals surface area contributed by atoms with Crippen molar-refractivity contribution in [1.82, 2.24) is 4.98 Å². The van der Waals surface area contributed by atoms with Crippen molar-refractivity contribution in [3.63, 3.8) is 0 Å². The first-order chi connectivity index (χ1) is 13.0. The number of aliphatic imine (C=N–C) groups is 1. The van der Waals surface area contributed by atoms with Crippen LogP contribution in [0, 0.1) is 5.92 Å². The van der Waals surface area contributed by atoms with E-state index in [2.05, 4.69) is 20.6 Å². The molecule has 138 valence electrons. The van der Waals surface area contributed by atoms with Gasteiger partial charge in [0, 0.05) is 28.3 Å². The summed E-state index contributed by atoms with van der Waals surface area (Å²) in [6.07, 6.45) is 6.11. The average molecular weight is 400 g/mol. The molecule has 3 amide bonds. The van der Waals surface area contributed by atoms with Gasteiger partial charge in [0.05, 0.1) is 18.0 Å². The maximum Gasteiger partial charge on any atom is 0.269 e. The van der Waals surface area contributed by atoms with Crippen molar-refractivity contribution in [2.24, 2.45) is 10.9 Å². The molecule has 3 rings (SSSR count). The molecular weight excluding hydrogens is 384 g/mol. The highest BCUT2D eigenvalue weighted by Gasteiger charge is 2.18. The third-order valence-corrected chi connectivity index (χ3v) is 5.12. The average Bonchev–Trinajstić information content (AvgIpc) is 3.08. The highest BCUT2D eigenvalue weighted by molar-refractivity contribution is 7.98. The van der Waals surface area contributed by atoms with Crippen LogP contribution in [0.5, 0.6) is 0 Å². The Morgan fingerprint density at radius 3 is 2.89 bits per heavy atom. The number of carbonyl (C=O) groups is 3. The molecule has 0 saturated carbocycles. The van der Waals surface area contributed by atoms with Gasteiger partial charge in [-0.25, -0.2) is 9.98 Å². The molecular formula is C18H16N4O3S2. The van der Waals surface area contributed by atoms with E-state index in [0.29, 0.717) is 10.8 Å². The van der Waals surface area contributed by atoms with Crippen LogP contribution in [0.4, 0.5) is 10.8 Å². The van der Waals surface area contributed by atoms with E-state index in [9.17, 15) is 14.4 Å². The number of hydrogen-bond acceptors (Lipinski definition) is 6. The summed E-state index contributed by atoms with van der Waals surface area (Å²) in [5.41, 5.74) is 1.30. The number of dihydropyridines is 1. The lowest BCUT2D eigenvalue weighted by atomic mass is 10.1. The van der Waals surface area contributed by atoms with Crippen molar-refractivity contribution in [2.45, 2.75) is 11.3 Å². The van der Waals surface area contributed by atoms with Gasteiger partial charge in [-0.2, -0.15) is 0 Å². The van der Waals surface area contributed by atoms with Gasteiger partial charge in [0.2, 0.25) is 11.8 Å². The second-order valence-corrected chi connectivity index (χ2v) is 7.33. The van der Waals surface area contributed by atoms with Gasteiger partial charge in [0.25, 0.3) is 5.91 Å². The summed E-state index contributed by atoms with van der Waals surface area (Å²) in [5.74, 6) is -1.51. The maximum absolute atomic E-state index is 12.2. The number of nitrogens with one attached hydrogen (secondary N) is 2. The van der Waals surface area contributed by atoms with Crippen LogP contribution in [-0.4, -0.2) is 35.2 Å². The van der Waals surface area contributed by atoms with Crippen LogP contribution in [0.2, 0.25) is 0 Å². The number of rotatable bonds is 6. The molecule has 7 nitrogen and oxygen atoms in total. The molecule has 27 heavy (non-hydrogen) atoms. The minimum Gasteiger partial charge on any atom is -0.326 e. The summed E-state index contributed by atoms with van der Waals surface area (Å²) in [7, 11) is 0. The summed E-state index contributed by atoms with van der Waals surface area (Å²) in [6, 6.07) is 7.58. The van der Waals surface area contributed by atoms with E-state index >= 15 is 0 Å². The molecule has 1 aliphatic heterocycles. The zero-order chi connectivity index (χ0) is 19.2. The number of benzene rings is 1. The summed E-state index contributed by atoms with van der Waals surface area (Å²) in [5, 5.41) is 7.62. The lowest BCUT2D eigenvalue weighted by Gasteiger charge is -2.08. The minimum atomic E-state index is -0.609. The van der Waals surface area contributed by atoms with E-state index < -0.39 is 5.92 Å². The number of hydrogen-bond donors (Lipinski definition) is 2. The number of thiazole rings is 1. The van der Waals surface area contributed by atoms with Crippen LogP contribution in [0.3, 0.4) is 0 Å². The molecule has 1 aromatic heterocycles. The van der Waals surface area contributed by atoms with Gasteiger partial charge in [-0.1, -0.05) is 12.1 Å². The van der Waals surface area contributed by atoms with Gasteiger partial charge in [-0.15, -0.1) is 23.1 Å². The Morgan fingerprint density at radius 1 is 1.30 bits per heavy atom. The largest absolute Gasteiger partial charge is 0.326 e. The molecule has 0 radical (unpaired) electrons. The SMILES string of the molecule is CSc1cccc(NC(=O)Cc2csc(NC(=O)C3C=CC(=O)N=C3)n2)c1.